The topological polar surface area (TPSA) is 25.8 Å². The van der Waals surface area contributed by atoms with Gasteiger partial charge in [-0.2, -0.15) is 0 Å². The maximum absolute atomic E-state index is 4.58. The molecule has 0 saturated heterocycles. The summed E-state index contributed by atoms with van der Waals surface area (Å²) in [5, 5.41) is 0. The van der Waals surface area contributed by atoms with Gasteiger partial charge in [-0.1, -0.05) is 77.2 Å². The van der Waals surface area contributed by atoms with E-state index in [9.17, 15) is 0 Å². The first kappa shape index (κ1) is 26.8. The Hall–Kier alpha value is -3.82. The normalized spacial score (nSPS) is 10.9. The van der Waals surface area contributed by atoms with Crippen molar-refractivity contribution in [2.75, 3.05) is 0 Å². The molecule has 0 fully saturated rings. The molecule has 0 unspecified atom stereocenters. The molecule has 191 valence electrons. The minimum Gasteiger partial charge on any atom is -0.305 e. The molecule has 1 aliphatic heterocycles. The van der Waals surface area contributed by atoms with Crippen LogP contribution in [0.15, 0.2) is 137 Å². The summed E-state index contributed by atoms with van der Waals surface area (Å²) in [6.07, 6.45) is 3.70. The number of hydrogen-bond donors (Lipinski definition) is 0. The van der Waals surface area contributed by atoms with Crippen LogP contribution in [-0.4, -0.2) is 9.97 Å². The van der Waals surface area contributed by atoms with E-state index >= 15 is 0 Å². The van der Waals surface area contributed by atoms with Crippen LogP contribution in [0.5, 0.6) is 0 Å². The number of aryl methyl sites for hydroxylation is 1. The van der Waals surface area contributed by atoms with Gasteiger partial charge in [-0.3, -0.25) is 0 Å². The zero-order chi connectivity index (χ0) is 25.7. The zero-order valence-electron chi connectivity index (χ0n) is 21.3. The SMILES string of the molecule is Cc1ccc(-c2[c-]cc3c(c2)-c2ccccc2-c2ccccc2S3)nc1.[Ir].[c-]1ccccc1-c1ccccn1. The van der Waals surface area contributed by atoms with Crippen molar-refractivity contribution in [1.82, 2.24) is 9.97 Å². The van der Waals surface area contributed by atoms with E-state index in [0.717, 1.165) is 22.5 Å². The number of benzene rings is 4. The molecule has 1 aliphatic rings. The second kappa shape index (κ2) is 12.4. The molecule has 0 saturated carbocycles. The smallest absolute Gasteiger partial charge is 0.0190 e. The summed E-state index contributed by atoms with van der Waals surface area (Å²) in [5.74, 6) is 0. The van der Waals surface area contributed by atoms with Gasteiger partial charge in [0.1, 0.15) is 0 Å². The molecule has 0 bridgehead atoms. The van der Waals surface area contributed by atoms with Gasteiger partial charge in [0, 0.05) is 37.4 Å². The Bertz CT molecular complexity index is 1650. The fraction of sp³-hybridized carbons (Fsp3) is 0.0286. The third kappa shape index (κ3) is 5.94. The molecule has 2 aromatic heterocycles. The van der Waals surface area contributed by atoms with E-state index in [2.05, 4.69) is 102 Å². The quantitative estimate of drug-likeness (QED) is 0.169. The summed E-state index contributed by atoms with van der Waals surface area (Å²) in [5.41, 5.74) is 10.3. The van der Waals surface area contributed by atoms with E-state index in [-0.39, 0.29) is 20.1 Å². The first-order chi connectivity index (χ1) is 18.8. The summed E-state index contributed by atoms with van der Waals surface area (Å²) >= 11 is 1.81. The van der Waals surface area contributed by atoms with Crippen LogP contribution in [-0.2, 0) is 20.1 Å². The predicted octanol–water partition coefficient (Wildman–Crippen LogP) is 9.20. The molecule has 0 spiro atoms. The fourth-order valence-electron chi connectivity index (χ4n) is 4.47. The van der Waals surface area contributed by atoms with Crippen molar-refractivity contribution in [2.24, 2.45) is 0 Å². The van der Waals surface area contributed by atoms with Crippen molar-refractivity contribution in [3.63, 3.8) is 0 Å². The maximum atomic E-state index is 4.58. The molecule has 7 rings (SSSR count). The van der Waals surface area contributed by atoms with Crippen LogP contribution < -0.4 is 0 Å². The molecule has 4 heteroatoms. The van der Waals surface area contributed by atoms with Crippen molar-refractivity contribution in [2.45, 2.75) is 16.7 Å². The second-order valence-electron chi connectivity index (χ2n) is 8.98. The molecule has 0 amide bonds. The molecule has 4 aromatic carbocycles. The van der Waals surface area contributed by atoms with Gasteiger partial charge in [0.15, 0.2) is 0 Å². The van der Waals surface area contributed by atoms with Crippen LogP contribution in [0.2, 0.25) is 0 Å². The largest absolute Gasteiger partial charge is 0.305 e. The van der Waals surface area contributed by atoms with Gasteiger partial charge in [0.25, 0.3) is 0 Å². The van der Waals surface area contributed by atoms with Gasteiger partial charge >= 0.3 is 0 Å². The average molecular weight is 697 g/mol. The number of rotatable bonds is 2. The van der Waals surface area contributed by atoms with E-state index in [1.807, 2.05) is 60.4 Å². The Morgan fingerprint density at radius 3 is 2.03 bits per heavy atom. The fourth-order valence-corrected chi connectivity index (χ4v) is 5.54. The molecular formula is C35H24IrN2S-2. The van der Waals surface area contributed by atoms with Gasteiger partial charge < -0.3 is 9.97 Å². The molecule has 6 aromatic rings. The van der Waals surface area contributed by atoms with Crippen molar-refractivity contribution in [3.05, 3.63) is 145 Å². The van der Waals surface area contributed by atoms with Crippen LogP contribution in [0.3, 0.4) is 0 Å². The third-order valence-corrected chi connectivity index (χ3v) is 7.50. The van der Waals surface area contributed by atoms with E-state index in [4.69, 9.17) is 0 Å². The summed E-state index contributed by atoms with van der Waals surface area (Å²) in [6, 6.07) is 46.0. The number of aromatic nitrogens is 2. The van der Waals surface area contributed by atoms with Gasteiger partial charge in [-0.05, 0) is 52.7 Å². The van der Waals surface area contributed by atoms with E-state index in [1.165, 1.54) is 37.6 Å². The standard InChI is InChI=1S/C24H16NS.C11H8N.Ir/c1-16-10-12-22(25-15-16)17-11-13-24-21(14-17)19-7-3-2-6-18(19)20-8-4-5-9-23(20)26-24;1-2-6-10(7-3-1)11-8-4-5-9-12-11;/h2-10,12-15H,1H3;1-6,8-9H;/q2*-1;. The van der Waals surface area contributed by atoms with E-state index < -0.39 is 0 Å². The first-order valence-electron chi connectivity index (χ1n) is 12.5. The Kier molecular flexibility index (Phi) is 8.48. The van der Waals surface area contributed by atoms with Gasteiger partial charge in [-0.15, -0.1) is 71.4 Å². The third-order valence-electron chi connectivity index (χ3n) is 6.36. The Labute approximate surface area is 247 Å². The second-order valence-corrected chi connectivity index (χ2v) is 10.1. The van der Waals surface area contributed by atoms with E-state index in [1.54, 1.807) is 6.20 Å². The minimum absolute atomic E-state index is 0. The van der Waals surface area contributed by atoms with Crippen LogP contribution >= 0.6 is 11.8 Å². The monoisotopic (exact) mass is 697 g/mol. The predicted molar refractivity (Wildman–Crippen MR) is 157 cm³/mol. The van der Waals surface area contributed by atoms with Crippen LogP contribution in [0, 0.1) is 19.1 Å². The zero-order valence-corrected chi connectivity index (χ0v) is 24.5. The summed E-state index contributed by atoms with van der Waals surface area (Å²) < 4.78 is 0. The first-order valence-corrected chi connectivity index (χ1v) is 13.3. The van der Waals surface area contributed by atoms with Crippen LogP contribution in [0.25, 0.3) is 44.8 Å². The summed E-state index contributed by atoms with van der Waals surface area (Å²) in [7, 11) is 0. The van der Waals surface area contributed by atoms with Crippen molar-refractivity contribution in [1.29, 1.82) is 0 Å². The van der Waals surface area contributed by atoms with E-state index in [0.29, 0.717) is 0 Å². The van der Waals surface area contributed by atoms with Gasteiger partial charge in [0.05, 0.1) is 0 Å². The van der Waals surface area contributed by atoms with Gasteiger partial charge in [0.2, 0.25) is 0 Å². The van der Waals surface area contributed by atoms with Crippen molar-refractivity contribution in [3.8, 4) is 44.8 Å². The summed E-state index contributed by atoms with van der Waals surface area (Å²) in [4.78, 5) is 11.3. The Morgan fingerprint density at radius 2 is 1.31 bits per heavy atom. The molecule has 1 radical (unpaired) electrons. The summed E-state index contributed by atoms with van der Waals surface area (Å²) in [6.45, 7) is 2.06. The number of pyridine rings is 2. The molecule has 3 heterocycles. The Morgan fingerprint density at radius 1 is 0.590 bits per heavy atom. The molecule has 39 heavy (non-hydrogen) atoms. The molecule has 2 nitrogen and oxygen atoms in total. The van der Waals surface area contributed by atoms with Crippen LogP contribution in [0.1, 0.15) is 5.56 Å². The number of hydrogen-bond acceptors (Lipinski definition) is 3. The molecular weight excluding hydrogens is 673 g/mol. The molecule has 0 aliphatic carbocycles. The maximum Gasteiger partial charge on any atom is 0.0190 e. The average Bonchev–Trinajstić information content (AvgIpc) is 3.13. The molecule has 0 N–H and O–H groups in total. The van der Waals surface area contributed by atoms with Crippen molar-refractivity contribution < 1.29 is 20.1 Å². The number of nitrogens with zero attached hydrogens (tertiary/aromatic N) is 2. The molecule has 0 atom stereocenters. The van der Waals surface area contributed by atoms with Gasteiger partial charge in [-0.25, -0.2) is 0 Å². The minimum atomic E-state index is 0. The Balaban J connectivity index is 0.000000200. The van der Waals surface area contributed by atoms with Crippen LogP contribution in [0.4, 0.5) is 0 Å². The van der Waals surface area contributed by atoms with Crippen molar-refractivity contribution >= 4 is 11.8 Å². The number of fused-ring (bicyclic) bond motifs is 5.